The van der Waals surface area contributed by atoms with Crippen LogP contribution in [0.4, 0.5) is 0 Å². The van der Waals surface area contributed by atoms with Crippen molar-refractivity contribution >= 4 is 5.91 Å². The first-order valence-electron chi connectivity index (χ1n) is 4.88. The lowest BCUT2D eigenvalue weighted by Crippen LogP contribution is -2.49. The summed E-state index contributed by atoms with van der Waals surface area (Å²) in [5.74, 6) is -0.170. The van der Waals surface area contributed by atoms with E-state index in [1.807, 2.05) is 0 Å². The third kappa shape index (κ3) is 2.05. The van der Waals surface area contributed by atoms with Gasteiger partial charge >= 0.3 is 0 Å². The van der Waals surface area contributed by atoms with E-state index in [-0.39, 0.29) is 18.1 Å². The Labute approximate surface area is 82.4 Å². The van der Waals surface area contributed by atoms with E-state index in [1.54, 1.807) is 0 Å². The molecule has 80 valence electrons. The molecular formula is C9H15NO4. The van der Waals surface area contributed by atoms with Gasteiger partial charge < -0.3 is 19.9 Å². The van der Waals surface area contributed by atoms with E-state index in [9.17, 15) is 4.79 Å². The van der Waals surface area contributed by atoms with Crippen molar-refractivity contribution in [3.8, 4) is 0 Å². The molecule has 1 atom stereocenters. The first kappa shape index (κ1) is 9.89. The van der Waals surface area contributed by atoms with Crippen molar-refractivity contribution in [2.45, 2.75) is 24.5 Å². The van der Waals surface area contributed by atoms with Crippen LogP contribution in [-0.2, 0) is 14.3 Å². The van der Waals surface area contributed by atoms with Crippen LogP contribution < -0.4 is 5.32 Å². The minimum absolute atomic E-state index is 0.00627. The number of hydrogen-bond donors (Lipinski definition) is 2. The van der Waals surface area contributed by atoms with Gasteiger partial charge in [0.05, 0.1) is 32.0 Å². The number of amides is 1. The lowest BCUT2D eigenvalue weighted by molar-refractivity contribution is -0.148. The van der Waals surface area contributed by atoms with Crippen molar-refractivity contribution < 1.29 is 19.4 Å². The number of rotatable bonds is 3. The van der Waals surface area contributed by atoms with Crippen LogP contribution in [0.25, 0.3) is 0 Å². The lowest BCUT2D eigenvalue weighted by atomic mass is 10.2. The van der Waals surface area contributed by atoms with Gasteiger partial charge in [-0.15, -0.1) is 0 Å². The quantitative estimate of drug-likeness (QED) is 0.617. The Balaban J connectivity index is 1.82. The normalized spacial score (nSPS) is 29.6. The number of aliphatic hydroxyl groups is 1. The van der Waals surface area contributed by atoms with Crippen molar-refractivity contribution in [3.05, 3.63) is 0 Å². The molecule has 5 nitrogen and oxygen atoms in total. The SMILES string of the molecule is O=C(NC1(CO)CC1)C1COCCO1. The van der Waals surface area contributed by atoms with E-state index >= 15 is 0 Å². The summed E-state index contributed by atoms with van der Waals surface area (Å²) >= 11 is 0. The second kappa shape index (κ2) is 3.84. The molecule has 0 radical (unpaired) electrons. The minimum Gasteiger partial charge on any atom is -0.394 e. The van der Waals surface area contributed by atoms with Crippen molar-refractivity contribution in [1.29, 1.82) is 0 Å². The number of aliphatic hydroxyl groups excluding tert-OH is 1. The number of nitrogens with one attached hydrogen (secondary N) is 1. The van der Waals surface area contributed by atoms with E-state index in [1.165, 1.54) is 0 Å². The van der Waals surface area contributed by atoms with Crippen molar-refractivity contribution in [3.63, 3.8) is 0 Å². The van der Waals surface area contributed by atoms with Crippen LogP contribution in [0.2, 0.25) is 0 Å². The maximum atomic E-state index is 11.6. The van der Waals surface area contributed by atoms with E-state index in [2.05, 4.69) is 5.32 Å². The zero-order valence-electron chi connectivity index (χ0n) is 7.99. The van der Waals surface area contributed by atoms with Crippen LogP contribution in [0.3, 0.4) is 0 Å². The van der Waals surface area contributed by atoms with Crippen LogP contribution >= 0.6 is 0 Å². The average Bonchev–Trinajstić information content (AvgIpc) is 3.00. The Bertz CT molecular complexity index is 221. The van der Waals surface area contributed by atoms with Crippen LogP contribution in [0.15, 0.2) is 0 Å². The largest absolute Gasteiger partial charge is 0.394 e. The Hall–Kier alpha value is -0.650. The molecule has 5 heteroatoms. The highest BCUT2D eigenvalue weighted by atomic mass is 16.6. The topological polar surface area (TPSA) is 67.8 Å². The molecule has 0 aromatic rings. The Morgan fingerprint density at radius 3 is 2.79 bits per heavy atom. The molecule has 0 aromatic carbocycles. The standard InChI is InChI=1S/C9H15NO4/c11-6-9(1-2-9)10-8(12)7-5-13-3-4-14-7/h7,11H,1-6H2,(H,10,12). The Kier molecular flexibility index (Phi) is 2.71. The second-order valence-electron chi connectivity index (χ2n) is 3.86. The summed E-state index contributed by atoms with van der Waals surface area (Å²) < 4.78 is 10.4. The summed E-state index contributed by atoms with van der Waals surface area (Å²) in [7, 11) is 0. The molecular weight excluding hydrogens is 186 g/mol. The second-order valence-corrected chi connectivity index (χ2v) is 3.86. The van der Waals surface area contributed by atoms with E-state index < -0.39 is 6.10 Å². The zero-order valence-corrected chi connectivity index (χ0v) is 7.99. The summed E-state index contributed by atoms with van der Waals surface area (Å²) in [5.41, 5.74) is -0.363. The molecule has 0 bridgehead atoms. The predicted octanol–water partition coefficient (Wildman–Crippen LogP) is -0.957. The van der Waals surface area contributed by atoms with Gasteiger partial charge in [-0.2, -0.15) is 0 Å². The summed E-state index contributed by atoms with van der Waals surface area (Å²) in [4.78, 5) is 11.6. The van der Waals surface area contributed by atoms with Gasteiger partial charge in [0.15, 0.2) is 6.10 Å². The van der Waals surface area contributed by atoms with Gasteiger partial charge in [-0.3, -0.25) is 4.79 Å². The predicted molar refractivity (Wildman–Crippen MR) is 47.8 cm³/mol. The van der Waals surface area contributed by atoms with Crippen LogP contribution in [0.5, 0.6) is 0 Å². The molecule has 1 saturated carbocycles. The minimum atomic E-state index is -0.507. The first-order valence-corrected chi connectivity index (χ1v) is 4.88. The number of carbonyl (C=O) groups is 1. The van der Waals surface area contributed by atoms with Crippen LogP contribution in [-0.4, -0.2) is 49.1 Å². The molecule has 1 amide bonds. The molecule has 1 unspecified atom stereocenters. The fourth-order valence-corrected chi connectivity index (χ4v) is 1.45. The highest BCUT2D eigenvalue weighted by Crippen LogP contribution is 2.34. The molecule has 2 N–H and O–H groups in total. The number of hydrogen-bond acceptors (Lipinski definition) is 4. The van der Waals surface area contributed by atoms with Crippen molar-refractivity contribution in [1.82, 2.24) is 5.32 Å². The molecule has 1 aliphatic heterocycles. The fraction of sp³-hybridized carbons (Fsp3) is 0.889. The summed E-state index contributed by atoms with van der Waals surface area (Å²) in [6, 6.07) is 0. The number of carbonyl (C=O) groups excluding carboxylic acids is 1. The van der Waals surface area contributed by atoms with E-state index in [0.29, 0.717) is 19.8 Å². The molecule has 1 heterocycles. The molecule has 2 fully saturated rings. The first-order chi connectivity index (χ1) is 6.76. The third-order valence-electron chi connectivity index (χ3n) is 2.65. The van der Waals surface area contributed by atoms with E-state index in [0.717, 1.165) is 12.8 Å². The lowest BCUT2D eigenvalue weighted by Gasteiger charge is -2.24. The third-order valence-corrected chi connectivity index (χ3v) is 2.65. The smallest absolute Gasteiger partial charge is 0.252 e. The van der Waals surface area contributed by atoms with Crippen LogP contribution in [0, 0.1) is 0 Å². The summed E-state index contributed by atoms with van der Waals surface area (Å²) in [5, 5.41) is 11.8. The molecule has 2 aliphatic rings. The molecule has 0 aromatic heterocycles. The Morgan fingerprint density at radius 2 is 2.29 bits per heavy atom. The maximum Gasteiger partial charge on any atom is 0.252 e. The molecule has 0 spiro atoms. The molecule has 2 rings (SSSR count). The molecule has 14 heavy (non-hydrogen) atoms. The maximum absolute atomic E-state index is 11.6. The van der Waals surface area contributed by atoms with Crippen molar-refractivity contribution in [2.75, 3.05) is 26.4 Å². The Morgan fingerprint density at radius 1 is 1.50 bits per heavy atom. The molecule has 1 saturated heterocycles. The van der Waals surface area contributed by atoms with Crippen LogP contribution in [0.1, 0.15) is 12.8 Å². The highest BCUT2D eigenvalue weighted by molar-refractivity contribution is 5.82. The van der Waals surface area contributed by atoms with Gasteiger partial charge in [0.25, 0.3) is 5.91 Å². The van der Waals surface area contributed by atoms with Gasteiger partial charge in [0.1, 0.15) is 0 Å². The monoisotopic (exact) mass is 201 g/mol. The van der Waals surface area contributed by atoms with Gasteiger partial charge in [0, 0.05) is 0 Å². The summed E-state index contributed by atoms with van der Waals surface area (Å²) in [6.45, 7) is 1.33. The fourth-order valence-electron chi connectivity index (χ4n) is 1.45. The van der Waals surface area contributed by atoms with E-state index in [4.69, 9.17) is 14.6 Å². The van der Waals surface area contributed by atoms with Gasteiger partial charge in [-0.1, -0.05) is 0 Å². The average molecular weight is 201 g/mol. The van der Waals surface area contributed by atoms with Gasteiger partial charge in [0.2, 0.25) is 0 Å². The van der Waals surface area contributed by atoms with Gasteiger partial charge in [-0.25, -0.2) is 0 Å². The van der Waals surface area contributed by atoms with Gasteiger partial charge in [-0.05, 0) is 12.8 Å². The zero-order chi connectivity index (χ0) is 10.0. The number of ether oxygens (including phenoxy) is 2. The van der Waals surface area contributed by atoms with Crippen molar-refractivity contribution in [2.24, 2.45) is 0 Å². The summed E-state index contributed by atoms with van der Waals surface area (Å²) in [6.07, 6.45) is 1.19. The highest BCUT2D eigenvalue weighted by Gasteiger charge is 2.44. The molecule has 1 aliphatic carbocycles.